The molecule has 0 saturated heterocycles. The summed E-state index contributed by atoms with van der Waals surface area (Å²) in [5.41, 5.74) is 18.6. The van der Waals surface area contributed by atoms with E-state index in [1.807, 2.05) is 0 Å². The van der Waals surface area contributed by atoms with Gasteiger partial charge in [-0.05, 0) is 11.6 Å². The molecule has 0 spiro atoms. The molecule has 11 heteroatoms. The van der Waals surface area contributed by atoms with Crippen LogP contribution in [0.3, 0.4) is 0 Å². The van der Waals surface area contributed by atoms with E-state index in [1.165, 1.54) is 0 Å². The Bertz CT molecular complexity index is 325. The predicted molar refractivity (Wildman–Crippen MR) is 54.3 cm³/mol. The van der Waals surface area contributed by atoms with Crippen LogP contribution in [-0.4, -0.2) is 34.2 Å². The molecule has 0 saturated carbocycles. The lowest BCUT2D eigenvalue weighted by Crippen LogP contribution is -2.30. The summed E-state index contributed by atoms with van der Waals surface area (Å²) in [7, 11) is 0. The molecule has 0 aromatic carbocycles. The van der Waals surface area contributed by atoms with Gasteiger partial charge in [0.2, 0.25) is 0 Å². The van der Waals surface area contributed by atoms with E-state index in [2.05, 4.69) is 15.9 Å². The SMILES string of the molecule is N[C@@H](CCC(=O)O)C(=O)O.[N-]=[N+]=NNC(N)=O. The average molecular weight is 248 g/mol. The first kappa shape index (κ1) is 16.9. The van der Waals surface area contributed by atoms with E-state index < -0.39 is 24.0 Å². The van der Waals surface area contributed by atoms with Gasteiger partial charge in [0.15, 0.2) is 0 Å². The molecule has 17 heavy (non-hydrogen) atoms. The molecule has 7 N–H and O–H groups in total. The van der Waals surface area contributed by atoms with Gasteiger partial charge in [-0.25, -0.2) is 4.79 Å². The van der Waals surface area contributed by atoms with Crippen LogP contribution in [0.25, 0.3) is 10.4 Å². The van der Waals surface area contributed by atoms with Gasteiger partial charge in [0, 0.05) is 6.42 Å². The Morgan fingerprint density at radius 3 is 2.18 bits per heavy atom. The zero-order valence-corrected chi connectivity index (χ0v) is 8.61. The van der Waals surface area contributed by atoms with Crippen molar-refractivity contribution >= 4 is 18.0 Å². The van der Waals surface area contributed by atoms with Crippen molar-refractivity contribution in [3.05, 3.63) is 10.4 Å². The van der Waals surface area contributed by atoms with E-state index >= 15 is 0 Å². The Hall–Kier alpha value is -2.52. The second-order valence-electron chi connectivity index (χ2n) is 2.54. The molecular weight excluding hydrogens is 236 g/mol. The molecule has 0 radical (unpaired) electrons. The summed E-state index contributed by atoms with van der Waals surface area (Å²) in [6, 6.07) is -1.92. The number of carbonyl (C=O) groups is 3. The number of nitrogens with one attached hydrogen (secondary N) is 1. The maximum Gasteiger partial charge on any atom is 0.407 e. The van der Waals surface area contributed by atoms with E-state index in [4.69, 9.17) is 21.5 Å². The van der Waals surface area contributed by atoms with E-state index in [1.54, 1.807) is 5.43 Å². The fourth-order valence-corrected chi connectivity index (χ4v) is 0.474. The molecule has 0 unspecified atom stereocenters. The summed E-state index contributed by atoms with van der Waals surface area (Å²) in [6.45, 7) is 0. The molecular formula is C6H12N6O5. The molecule has 0 bridgehead atoms. The third-order valence-electron chi connectivity index (χ3n) is 1.19. The Labute approximate surface area is 95.0 Å². The second-order valence-corrected chi connectivity index (χ2v) is 2.54. The third-order valence-corrected chi connectivity index (χ3v) is 1.19. The minimum Gasteiger partial charge on any atom is -0.481 e. The lowest BCUT2D eigenvalue weighted by Gasteiger charge is -2.01. The zero-order chi connectivity index (χ0) is 13.8. The van der Waals surface area contributed by atoms with Crippen LogP contribution in [-0.2, 0) is 9.59 Å². The third kappa shape index (κ3) is 16.2. The van der Waals surface area contributed by atoms with Crippen molar-refractivity contribution in [1.29, 1.82) is 0 Å². The van der Waals surface area contributed by atoms with Crippen LogP contribution < -0.4 is 16.9 Å². The van der Waals surface area contributed by atoms with E-state index in [9.17, 15) is 14.4 Å². The van der Waals surface area contributed by atoms with Crippen LogP contribution in [0.2, 0.25) is 0 Å². The van der Waals surface area contributed by atoms with Gasteiger partial charge in [0.05, 0.1) is 0 Å². The number of rotatable bonds is 5. The Balaban J connectivity index is 0. The van der Waals surface area contributed by atoms with Crippen LogP contribution in [0.5, 0.6) is 0 Å². The van der Waals surface area contributed by atoms with Crippen LogP contribution >= 0.6 is 0 Å². The van der Waals surface area contributed by atoms with Crippen molar-refractivity contribution in [3.63, 3.8) is 0 Å². The minimum absolute atomic E-state index is 0.0231. The fraction of sp³-hybridized carbons (Fsp3) is 0.500. The van der Waals surface area contributed by atoms with Crippen LogP contribution in [0, 0.1) is 0 Å². The molecule has 2 amide bonds. The standard InChI is InChI=1S/C5H9NO4.CH3N5O/c6-3(5(9)10)1-2-4(7)8;2-1(7)4-6-5-3/h3H,1-2,6H2,(H,7,8)(H,9,10);(H3,2,4,7)/t3-;/m0./s1. The minimum atomic E-state index is -1.17. The van der Waals surface area contributed by atoms with Gasteiger partial charge in [-0.15, -0.1) is 5.53 Å². The summed E-state index contributed by atoms with van der Waals surface area (Å²) in [5, 5.41) is 18.9. The number of hydrogen-bond acceptors (Lipinski definition) is 5. The zero-order valence-electron chi connectivity index (χ0n) is 8.61. The highest BCUT2D eigenvalue weighted by atomic mass is 16.4. The molecule has 0 heterocycles. The molecule has 11 nitrogen and oxygen atoms in total. The van der Waals surface area contributed by atoms with Crippen molar-refractivity contribution in [2.45, 2.75) is 18.9 Å². The molecule has 0 aromatic rings. The monoisotopic (exact) mass is 248 g/mol. The quantitative estimate of drug-likeness (QED) is 0.181. The average Bonchev–Trinajstić information content (AvgIpc) is 2.23. The number of carboxylic acids is 2. The summed E-state index contributed by atoms with van der Waals surface area (Å²) >= 11 is 0. The van der Waals surface area contributed by atoms with E-state index in [-0.39, 0.29) is 12.8 Å². The number of carbonyl (C=O) groups excluding carboxylic acids is 1. The number of urea groups is 1. The first-order valence-corrected chi connectivity index (χ1v) is 4.11. The van der Waals surface area contributed by atoms with Crippen molar-refractivity contribution < 1.29 is 24.6 Å². The number of amides is 2. The molecule has 0 rings (SSSR count). The number of nitrogens with two attached hydrogens (primary N) is 2. The highest BCUT2D eigenvalue weighted by Gasteiger charge is 2.12. The highest BCUT2D eigenvalue weighted by molar-refractivity contribution is 5.74. The van der Waals surface area contributed by atoms with Gasteiger partial charge < -0.3 is 21.7 Å². The highest BCUT2D eigenvalue weighted by Crippen LogP contribution is 1.93. The number of nitrogens with zero attached hydrogens (tertiary/aromatic N) is 3. The Morgan fingerprint density at radius 2 is 1.94 bits per heavy atom. The second kappa shape index (κ2) is 10.0. The molecule has 0 aliphatic rings. The van der Waals surface area contributed by atoms with Gasteiger partial charge in [0.1, 0.15) is 6.04 Å². The Morgan fingerprint density at radius 1 is 1.41 bits per heavy atom. The number of carboxylic acid groups (broad SMARTS) is 2. The predicted octanol–water partition coefficient (Wildman–Crippen LogP) is -0.857. The van der Waals surface area contributed by atoms with Crippen LogP contribution in [0.15, 0.2) is 5.22 Å². The van der Waals surface area contributed by atoms with Gasteiger partial charge in [-0.1, -0.05) is 0 Å². The molecule has 96 valence electrons. The van der Waals surface area contributed by atoms with Crippen LogP contribution in [0.1, 0.15) is 12.8 Å². The normalized spacial score (nSPS) is 9.94. The summed E-state index contributed by atoms with van der Waals surface area (Å²) < 4.78 is 0. The van der Waals surface area contributed by atoms with E-state index in [0.717, 1.165) is 0 Å². The first-order chi connectivity index (χ1) is 7.81. The topological polar surface area (TPSA) is 204 Å². The molecule has 0 fully saturated rings. The smallest absolute Gasteiger partial charge is 0.407 e. The molecule has 1 atom stereocenters. The fourth-order valence-electron chi connectivity index (χ4n) is 0.474. The van der Waals surface area contributed by atoms with E-state index in [0.29, 0.717) is 0 Å². The maximum absolute atomic E-state index is 9.99. The Kier molecular flexibility index (Phi) is 9.95. The maximum atomic E-state index is 9.99. The van der Waals surface area contributed by atoms with Gasteiger partial charge in [-0.3, -0.25) is 9.59 Å². The van der Waals surface area contributed by atoms with Crippen molar-refractivity contribution in [1.82, 2.24) is 5.43 Å². The lowest BCUT2D eigenvalue weighted by atomic mass is 10.2. The van der Waals surface area contributed by atoms with Gasteiger partial charge in [0.25, 0.3) is 0 Å². The molecule has 0 aliphatic heterocycles. The largest absolute Gasteiger partial charge is 0.481 e. The van der Waals surface area contributed by atoms with Crippen molar-refractivity contribution in [2.75, 3.05) is 0 Å². The van der Waals surface area contributed by atoms with Crippen LogP contribution in [0.4, 0.5) is 4.79 Å². The molecule has 0 aromatic heterocycles. The summed E-state index contributed by atoms with van der Waals surface area (Å²) in [4.78, 5) is 31.7. The molecule has 0 aliphatic carbocycles. The number of primary amides is 1. The van der Waals surface area contributed by atoms with Crippen molar-refractivity contribution in [2.24, 2.45) is 16.7 Å². The summed E-state index contributed by atoms with van der Waals surface area (Å²) in [6.07, 6.45) is -0.224. The van der Waals surface area contributed by atoms with Gasteiger partial charge in [-0.2, -0.15) is 10.3 Å². The number of azide groups is 1. The van der Waals surface area contributed by atoms with Crippen molar-refractivity contribution in [3.8, 4) is 0 Å². The lowest BCUT2D eigenvalue weighted by molar-refractivity contribution is -0.139. The number of hydrogen-bond donors (Lipinski definition) is 5. The summed E-state index contributed by atoms with van der Waals surface area (Å²) in [5.74, 6) is -2.20. The van der Waals surface area contributed by atoms with Gasteiger partial charge >= 0.3 is 18.0 Å². The number of aliphatic carboxylic acids is 2. The first-order valence-electron chi connectivity index (χ1n) is 4.11.